The highest BCUT2D eigenvalue weighted by molar-refractivity contribution is 6.80. The number of nitrogens with one attached hydrogen (secondary N) is 2. The van der Waals surface area contributed by atoms with Crippen molar-refractivity contribution in [3.63, 3.8) is 0 Å². The Balaban J connectivity index is 1.43. The molecule has 0 heterocycles. The summed E-state index contributed by atoms with van der Waals surface area (Å²) in [6, 6.07) is 24.6. The molecule has 0 radical (unpaired) electrons. The highest BCUT2D eigenvalue weighted by Crippen LogP contribution is 2.29. The van der Waals surface area contributed by atoms with E-state index in [-0.39, 0.29) is 6.61 Å². The van der Waals surface area contributed by atoms with Crippen LogP contribution in [0, 0.1) is 0 Å². The van der Waals surface area contributed by atoms with Crippen molar-refractivity contribution in [3.05, 3.63) is 114 Å². The molecular formula is C33H34B2F6N2O3. The maximum Gasteiger partial charge on any atom is 0.416 e. The molecule has 2 N–H and O–H groups in total. The molecule has 4 aromatic rings. The highest BCUT2D eigenvalue weighted by atomic mass is 19.4. The van der Waals surface area contributed by atoms with E-state index in [1.807, 2.05) is 36.4 Å². The van der Waals surface area contributed by atoms with Crippen molar-refractivity contribution < 1.29 is 40.4 Å². The van der Waals surface area contributed by atoms with Gasteiger partial charge >= 0.3 is 26.2 Å². The number of ether oxygens (including phenoxy) is 1. The van der Waals surface area contributed by atoms with Gasteiger partial charge in [0.2, 0.25) is 0 Å². The standard InChI is InChI=1S/C33H34B2F6N2O3/c1-42-19-21-45-34(28-11-5-25(6-12-28)32(36,37)38)27-9-3-24(4-10-27)23-44-31-17-15-30(16-18-31)35(46-22-20-43-2)29-13-7-26(8-14-29)33(39,40)41/h3-18,42-43H,19-23H2,1-2H3. The number of halogens is 6. The van der Waals surface area contributed by atoms with Crippen molar-refractivity contribution in [2.45, 2.75) is 19.0 Å². The van der Waals surface area contributed by atoms with Gasteiger partial charge in [0.15, 0.2) is 0 Å². The molecule has 0 spiro atoms. The van der Waals surface area contributed by atoms with E-state index in [0.29, 0.717) is 43.0 Å². The summed E-state index contributed by atoms with van der Waals surface area (Å²) in [5.74, 6) is 0.590. The first-order chi connectivity index (χ1) is 22.0. The third-order valence-corrected chi connectivity index (χ3v) is 7.23. The second-order valence-electron chi connectivity index (χ2n) is 10.5. The Hall–Kier alpha value is -3.77. The number of alkyl halides is 6. The molecule has 0 atom stereocenters. The predicted molar refractivity (Wildman–Crippen MR) is 170 cm³/mol. The minimum Gasteiger partial charge on any atom is -0.489 e. The normalized spacial score (nSPS) is 11.8. The summed E-state index contributed by atoms with van der Waals surface area (Å²) < 4.78 is 96.4. The molecule has 0 amide bonds. The maximum atomic E-state index is 13.1. The number of likely N-dealkylation sites (N-methyl/N-ethyl adjacent to an activating group) is 2. The van der Waals surface area contributed by atoms with Gasteiger partial charge in [0, 0.05) is 26.3 Å². The molecule has 4 rings (SSSR count). The molecule has 0 unspecified atom stereocenters. The fourth-order valence-electron chi connectivity index (χ4n) is 4.72. The van der Waals surface area contributed by atoms with Crippen LogP contribution in [-0.4, -0.2) is 54.2 Å². The summed E-state index contributed by atoms with van der Waals surface area (Å²) in [5.41, 5.74) is 2.18. The summed E-state index contributed by atoms with van der Waals surface area (Å²) >= 11 is 0. The van der Waals surface area contributed by atoms with Crippen LogP contribution in [0.2, 0.25) is 0 Å². The molecule has 0 aliphatic heterocycles. The zero-order valence-electron chi connectivity index (χ0n) is 25.4. The van der Waals surface area contributed by atoms with Gasteiger partial charge in [-0.05, 0) is 53.6 Å². The SMILES string of the molecule is CNCCOB(c1ccc(COc2ccc(B(OCCNC)c3ccc(C(F)(F)F)cc3)cc2)cc1)c1ccc(C(F)(F)F)cc1. The molecule has 242 valence electrons. The Morgan fingerprint density at radius 2 is 0.870 bits per heavy atom. The van der Waals surface area contributed by atoms with Gasteiger partial charge in [-0.25, -0.2) is 0 Å². The molecule has 0 bridgehead atoms. The summed E-state index contributed by atoms with van der Waals surface area (Å²) in [5, 5.41) is 5.99. The van der Waals surface area contributed by atoms with Gasteiger partial charge in [-0.15, -0.1) is 0 Å². The van der Waals surface area contributed by atoms with Crippen molar-refractivity contribution in [3.8, 4) is 5.75 Å². The lowest BCUT2D eigenvalue weighted by Gasteiger charge is -2.17. The molecule has 0 aliphatic carbocycles. The lowest BCUT2D eigenvalue weighted by atomic mass is 9.55. The van der Waals surface area contributed by atoms with Crippen LogP contribution in [0.3, 0.4) is 0 Å². The number of benzene rings is 4. The van der Waals surface area contributed by atoms with Gasteiger partial charge in [-0.3, -0.25) is 0 Å². The zero-order chi connectivity index (χ0) is 33.2. The fraction of sp³-hybridized carbons (Fsp3) is 0.273. The van der Waals surface area contributed by atoms with E-state index in [2.05, 4.69) is 10.6 Å². The minimum atomic E-state index is -4.42. The van der Waals surface area contributed by atoms with Crippen LogP contribution in [0.15, 0.2) is 97.1 Å². The molecule has 0 fully saturated rings. The molecule has 13 heteroatoms. The average Bonchev–Trinajstić information content (AvgIpc) is 3.04. The average molecular weight is 642 g/mol. The van der Waals surface area contributed by atoms with E-state index >= 15 is 0 Å². The van der Waals surface area contributed by atoms with Crippen molar-refractivity contribution in [1.82, 2.24) is 10.6 Å². The summed E-state index contributed by atoms with van der Waals surface area (Å²) in [4.78, 5) is 0. The third kappa shape index (κ3) is 9.86. The number of rotatable bonds is 15. The molecule has 5 nitrogen and oxygen atoms in total. The van der Waals surface area contributed by atoms with Crippen LogP contribution >= 0.6 is 0 Å². The molecular weight excluding hydrogens is 608 g/mol. The Kier molecular flexibility index (Phi) is 12.3. The molecule has 0 aliphatic rings. The van der Waals surface area contributed by atoms with Crippen molar-refractivity contribution >= 4 is 35.7 Å². The summed E-state index contributed by atoms with van der Waals surface area (Å²) in [6.07, 6.45) is -8.84. The van der Waals surface area contributed by atoms with Crippen LogP contribution in [0.5, 0.6) is 5.75 Å². The first-order valence-electron chi connectivity index (χ1n) is 14.7. The van der Waals surface area contributed by atoms with Crippen molar-refractivity contribution in [1.29, 1.82) is 0 Å². The zero-order valence-corrected chi connectivity index (χ0v) is 25.4. The lowest BCUT2D eigenvalue weighted by Crippen LogP contribution is -2.46. The molecule has 4 aromatic carbocycles. The number of hydrogen-bond acceptors (Lipinski definition) is 5. The van der Waals surface area contributed by atoms with Gasteiger partial charge < -0.3 is 24.7 Å². The summed E-state index contributed by atoms with van der Waals surface area (Å²) in [6.45, 7) is 1.02. The monoisotopic (exact) mass is 642 g/mol. The smallest absolute Gasteiger partial charge is 0.416 e. The van der Waals surface area contributed by atoms with Crippen molar-refractivity contribution in [2.75, 3.05) is 40.4 Å². The van der Waals surface area contributed by atoms with E-state index < -0.39 is 37.3 Å². The van der Waals surface area contributed by atoms with Crippen LogP contribution in [0.1, 0.15) is 16.7 Å². The van der Waals surface area contributed by atoms with Gasteiger partial charge in [0.1, 0.15) is 12.4 Å². The van der Waals surface area contributed by atoms with Gasteiger partial charge in [-0.1, -0.05) is 84.9 Å². The van der Waals surface area contributed by atoms with Crippen LogP contribution in [-0.2, 0) is 28.3 Å². The first-order valence-corrected chi connectivity index (χ1v) is 14.7. The van der Waals surface area contributed by atoms with Crippen molar-refractivity contribution in [2.24, 2.45) is 0 Å². The Bertz CT molecular complexity index is 1370. The quantitative estimate of drug-likeness (QED) is 0.117. The Morgan fingerprint density at radius 3 is 1.22 bits per heavy atom. The topological polar surface area (TPSA) is 51.8 Å². The predicted octanol–water partition coefficient (Wildman–Crippen LogP) is 3.99. The van der Waals surface area contributed by atoms with Crippen LogP contribution < -0.4 is 37.2 Å². The summed E-state index contributed by atoms with van der Waals surface area (Å²) in [7, 11) is 3.57. The number of hydrogen-bond donors (Lipinski definition) is 2. The molecule has 0 saturated carbocycles. The second kappa shape index (κ2) is 16.2. The van der Waals surface area contributed by atoms with Gasteiger partial charge in [0.25, 0.3) is 0 Å². The first kappa shape index (κ1) is 35.1. The largest absolute Gasteiger partial charge is 0.489 e. The van der Waals surface area contributed by atoms with E-state index in [1.54, 1.807) is 26.2 Å². The Labute approximate surface area is 265 Å². The fourth-order valence-corrected chi connectivity index (χ4v) is 4.72. The van der Waals surface area contributed by atoms with E-state index in [1.165, 1.54) is 24.3 Å². The maximum absolute atomic E-state index is 13.1. The van der Waals surface area contributed by atoms with E-state index in [9.17, 15) is 26.3 Å². The van der Waals surface area contributed by atoms with E-state index in [0.717, 1.165) is 40.8 Å². The molecule has 0 aromatic heterocycles. The lowest BCUT2D eigenvalue weighted by molar-refractivity contribution is -0.138. The van der Waals surface area contributed by atoms with E-state index in [4.69, 9.17) is 14.0 Å². The van der Waals surface area contributed by atoms with Crippen LogP contribution in [0.4, 0.5) is 26.3 Å². The Morgan fingerprint density at radius 1 is 0.522 bits per heavy atom. The molecule has 46 heavy (non-hydrogen) atoms. The molecule has 0 saturated heterocycles. The minimum absolute atomic E-state index is 0.256. The van der Waals surface area contributed by atoms with Crippen LogP contribution in [0.25, 0.3) is 0 Å². The highest BCUT2D eigenvalue weighted by Gasteiger charge is 2.32. The van der Waals surface area contributed by atoms with Gasteiger partial charge in [-0.2, -0.15) is 26.3 Å². The van der Waals surface area contributed by atoms with Gasteiger partial charge in [0.05, 0.1) is 11.1 Å². The second-order valence-corrected chi connectivity index (χ2v) is 10.5. The third-order valence-electron chi connectivity index (χ3n) is 7.23.